The zero-order valence-electron chi connectivity index (χ0n) is 12.5. The van der Waals surface area contributed by atoms with E-state index in [2.05, 4.69) is 6.58 Å². The van der Waals surface area contributed by atoms with Gasteiger partial charge in [0.1, 0.15) is 12.4 Å². The number of aliphatic carboxylic acids is 1. The first-order chi connectivity index (χ1) is 10.6. The van der Waals surface area contributed by atoms with E-state index in [9.17, 15) is 9.59 Å². The highest BCUT2D eigenvalue weighted by atomic mass is 16.5. The van der Waals surface area contributed by atoms with Crippen molar-refractivity contribution in [2.24, 2.45) is 5.92 Å². The van der Waals surface area contributed by atoms with Crippen molar-refractivity contribution in [3.8, 4) is 5.75 Å². The first kappa shape index (κ1) is 16.1. The third kappa shape index (κ3) is 4.35. The van der Waals surface area contributed by atoms with Gasteiger partial charge in [0.15, 0.2) is 0 Å². The Balaban J connectivity index is 1.89. The van der Waals surface area contributed by atoms with Crippen LogP contribution in [-0.2, 0) is 4.79 Å². The highest BCUT2D eigenvalue weighted by Crippen LogP contribution is 2.22. The Morgan fingerprint density at radius 2 is 1.91 bits per heavy atom. The lowest BCUT2D eigenvalue weighted by molar-refractivity contribution is -0.138. The third-order valence-corrected chi connectivity index (χ3v) is 3.83. The molecule has 1 amide bonds. The van der Waals surface area contributed by atoms with Gasteiger partial charge in [-0.3, -0.25) is 9.59 Å². The standard InChI is InChI=1S/C17H21NO4/c1-2-11-22-15-5-3-14(4-6-15)17(21)18-9-7-13(8-10-18)12-16(19)20/h2-6,13H,1,7-12H2,(H,19,20). The lowest BCUT2D eigenvalue weighted by atomic mass is 9.93. The van der Waals surface area contributed by atoms with E-state index < -0.39 is 5.97 Å². The Morgan fingerprint density at radius 1 is 1.27 bits per heavy atom. The molecule has 5 heteroatoms. The number of carbonyl (C=O) groups excluding carboxylic acids is 1. The van der Waals surface area contributed by atoms with Crippen molar-refractivity contribution in [2.45, 2.75) is 19.3 Å². The molecule has 1 aliphatic heterocycles. The van der Waals surface area contributed by atoms with Crippen LogP contribution in [-0.4, -0.2) is 41.6 Å². The summed E-state index contributed by atoms with van der Waals surface area (Å²) in [6, 6.07) is 7.05. The zero-order valence-corrected chi connectivity index (χ0v) is 12.5. The minimum Gasteiger partial charge on any atom is -0.490 e. The number of rotatable bonds is 6. The molecule has 1 fully saturated rings. The summed E-state index contributed by atoms with van der Waals surface area (Å²) in [6.45, 7) is 5.25. The molecule has 1 saturated heterocycles. The monoisotopic (exact) mass is 303 g/mol. The van der Waals surface area contributed by atoms with E-state index in [1.165, 1.54) is 0 Å². The highest BCUT2D eigenvalue weighted by Gasteiger charge is 2.24. The van der Waals surface area contributed by atoms with Crippen molar-refractivity contribution in [2.75, 3.05) is 19.7 Å². The molecular formula is C17H21NO4. The fraction of sp³-hybridized carbons (Fsp3) is 0.412. The number of carboxylic acid groups (broad SMARTS) is 1. The molecular weight excluding hydrogens is 282 g/mol. The summed E-state index contributed by atoms with van der Waals surface area (Å²) >= 11 is 0. The topological polar surface area (TPSA) is 66.8 Å². The summed E-state index contributed by atoms with van der Waals surface area (Å²) < 4.78 is 5.39. The van der Waals surface area contributed by atoms with E-state index in [0.29, 0.717) is 31.0 Å². The highest BCUT2D eigenvalue weighted by molar-refractivity contribution is 5.94. The van der Waals surface area contributed by atoms with Gasteiger partial charge in [-0.1, -0.05) is 12.7 Å². The van der Waals surface area contributed by atoms with E-state index in [1.54, 1.807) is 35.2 Å². The molecule has 1 aromatic carbocycles. The van der Waals surface area contributed by atoms with Crippen molar-refractivity contribution in [1.29, 1.82) is 0 Å². The number of ether oxygens (including phenoxy) is 1. The van der Waals surface area contributed by atoms with E-state index >= 15 is 0 Å². The second-order valence-corrected chi connectivity index (χ2v) is 5.46. The number of piperidine rings is 1. The Hall–Kier alpha value is -2.30. The second kappa shape index (κ2) is 7.64. The fourth-order valence-corrected chi connectivity index (χ4v) is 2.62. The summed E-state index contributed by atoms with van der Waals surface area (Å²) in [5.41, 5.74) is 0.627. The van der Waals surface area contributed by atoms with Gasteiger partial charge in [-0.25, -0.2) is 0 Å². The molecule has 0 radical (unpaired) electrons. The third-order valence-electron chi connectivity index (χ3n) is 3.83. The van der Waals surface area contributed by atoms with E-state index in [0.717, 1.165) is 12.8 Å². The predicted molar refractivity (Wildman–Crippen MR) is 83.0 cm³/mol. The maximum atomic E-state index is 12.4. The van der Waals surface area contributed by atoms with Crippen LogP contribution in [0.25, 0.3) is 0 Å². The molecule has 0 bridgehead atoms. The van der Waals surface area contributed by atoms with Gasteiger partial charge in [0, 0.05) is 25.1 Å². The van der Waals surface area contributed by atoms with Crippen molar-refractivity contribution in [3.63, 3.8) is 0 Å². The number of amides is 1. The lowest BCUT2D eigenvalue weighted by Crippen LogP contribution is -2.38. The lowest BCUT2D eigenvalue weighted by Gasteiger charge is -2.31. The Bertz CT molecular complexity index is 530. The van der Waals surface area contributed by atoms with Crippen LogP contribution in [0.4, 0.5) is 0 Å². The first-order valence-electron chi connectivity index (χ1n) is 7.45. The van der Waals surface area contributed by atoms with Crippen LogP contribution in [0.1, 0.15) is 29.6 Å². The Kier molecular flexibility index (Phi) is 5.58. The minimum atomic E-state index is -0.764. The number of hydrogen-bond acceptors (Lipinski definition) is 3. The summed E-state index contributed by atoms with van der Waals surface area (Å²) in [5, 5.41) is 8.81. The van der Waals surface area contributed by atoms with E-state index in [1.807, 2.05) is 0 Å². The van der Waals surface area contributed by atoms with Gasteiger partial charge in [-0.15, -0.1) is 0 Å². The van der Waals surface area contributed by atoms with Crippen LogP contribution in [0.5, 0.6) is 5.75 Å². The van der Waals surface area contributed by atoms with Gasteiger partial charge in [0.05, 0.1) is 0 Å². The minimum absolute atomic E-state index is 0.0101. The molecule has 118 valence electrons. The molecule has 0 aromatic heterocycles. The number of carboxylic acids is 1. The van der Waals surface area contributed by atoms with Crippen LogP contribution in [0, 0.1) is 5.92 Å². The van der Waals surface area contributed by atoms with Gasteiger partial charge in [-0.05, 0) is 43.0 Å². The number of benzene rings is 1. The number of hydrogen-bond donors (Lipinski definition) is 1. The molecule has 0 aliphatic carbocycles. The molecule has 1 heterocycles. The van der Waals surface area contributed by atoms with Gasteiger partial charge in [-0.2, -0.15) is 0 Å². The van der Waals surface area contributed by atoms with Crippen LogP contribution in [0.3, 0.4) is 0 Å². The summed E-state index contributed by atoms with van der Waals surface area (Å²) in [5.74, 6) is 0.108. The van der Waals surface area contributed by atoms with Crippen molar-refractivity contribution in [3.05, 3.63) is 42.5 Å². The molecule has 0 unspecified atom stereocenters. The molecule has 0 atom stereocenters. The molecule has 1 aromatic rings. The molecule has 0 spiro atoms. The second-order valence-electron chi connectivity index (χ2n) is 5.46. The Labute approximate surface area is 130 Å². The zero-order chi connectivity index (χ0) is 15.9. The maximum Gasteiger partial charge on any atom is 0.303 e. The fourth-order valence-electron chi connectivity index (χ4n) is 2.62. The molecule has 0 saturated carbocycles. The maximum absolute atomic E-state index is 12.4. The predicted octanol–water partition coefficient (Wildman–Crippen LogP) is 2.58. The van der Waals surface area contributed by atoms with E-state index in [-0.39, 0.29) is 18.2 Å². The number of likely N-dealkylation sites (tertiary alicyclic amines) is 1. The number of carbonyl (C=O) groups is 2. The van der Waals surface area contributed by atoms with Crippen molar-refractivity contribution in [1.82, 2.24) is 4.90 Å². The molecule has 22 heavy (non-hydrogen) atoms. The van der Waals surface area contributed by atoms with Gasteiger partial charge in [0.25, 0.3) is 5.91 Å². The van der Waals surface area contributed by atoms with Crippen LogP contribution in [0.15, 0.2) is 36.9 Å². The van der Waals surface area contributed by atoms with Crippen molar-refractivity contribution >= 4 is 11.9 Å². The molecule has 2 rings (SSSR count). The van der Waals surface area contributed by atoms with Crippen molar-refractivity contribution < 1.29 is 19.4 Å². The van der Waals surface area contributed by atoms with Crippen LogP contribution < -0.4 is 4.74 Å². The normalized spacial score (nSPS) is 15.4. The first-order valence-corrected chi connectivity index (χ1v) is 7.45. The van der Waals surface area contributed by atoms with Gasteiger partial charge in [0.2, 0.25) is 0 Å². The van der Waals surface area contributed by atoms with Crippen LogP contribution in [0.2, 0.25) is 0 Å². The van der Waals surface area contributed by atoms with E-state index in [4.69, 9.17) is 9.84 Å². The smallest absolute Gasteiger partial charge is 0.303 e. The molecule has 1 aliphatic rings. The average molecular weight is 303 g/mol. The summed E-state index contributed by atoms with van der Waals surface area (Å²) in [6.07, 6.45) is 3.36. The van der Waals surface area contributed by atoms with Gasteiger partial charge >= 0.3 is 5.97 Å². The average Bonchev–Trinajstić information content (AvgIpc) is 2.53. The number of nitrogens with zero attached hydrogens (tertiary/aromatic N) is 1. The van der Waals surface area contributed by atoms with Crippen LogP contribution >= 0.6 is 0 Å². The Morgan fingerprint density at radius 3 is 2.45 bits per heavy atom. The summed E-state index contributed by atoms with van der Waals surface area (Å²) in [4.78, 5) is 24.9. The summed E-state index contributed by atoms with van der Waals surface area (Å²) in [7, 11) is 0. The quantitative estimate of drug-likeness (QED) is 0.820. The SMILES string of the molecule is C=CCOc1ccc(C(=O)N2CCC(CC(=O)O)CC2)cc1. The molecule has 5 nitrogen and oxygen atoms in total. The van der Waals surface area contributed by atoms with Gasteiger partial charge < -0.3 is 14.7 Å². The molecule has 1 N–H and O–H groups in total. The largest absolute Gasteiger partial charge is 0.490 e.